The van der Waals surface area contributed by atoms with E-state index in [4.69, 9.17) is 4.74 Å². The quantitative estimate of drug-likeness (QED) is 0.478. The first kappa shape index (κ1) is 11.9. The van der Waals surface area contributed by atoms with Crippen LogP contribution in [0.2, 0.25) is 0 Å². The summed E-state index contributed by atoms with van der Waals surface area (Å²) in [4.78, 5) is 12.9. The van der Waals surface area contributed by atoms with Gasteiger partial charge in [0.25, 0.3) is 0 Å². The molecule has 0 unspecified atom stereocenters. The summed E-state index contributed by atoms with van der Waals surface area (Å²) >= 11 is 0. The minimum absolute atomic E-state index is 0.0312. The van der Waals surface area contributed by atoms with Crippen molar-refractivity contribution in [3.8, 4) is 11.5 Å². The van der Waals surface area contributed by atoms with Crippen molar-refractivity contribution in [3.05, 3.63) is 58.4 Å². The van der Waals surface area contributed by atoms with E-state index >= 15 is 0 Å². The lowest BCUT2D eigenvalue weighted by Crippen LogP contribution is -1.93. The molecule has 18 heavy (non-hydrogen) atoms. The fourth-order valence-electron chi connectivity index (χ4n) is 1.28. The molecule has 0 aliphatic carbocycles. The van der Waals surface area contributed by atoms with Crippen molar-refractivity contribution in [3.63, 3.8) is 0 Å². The van der Waals surface area contributed by atoms with Crippen LogP contribution in [0.4, 0.5) is 14.5 Å². The lowest BCUT2D eigenvalue weighted by Gasteiger charge is -2.05. The van der Waals surface area contributed by atoms with Gasteiger partial charge in [0, 0.05) is 24.4 Å². The molecule has 0 bridgehead atoms. The molecule has 0 N–H and O–H groups in total. The van der Waals surface area contributed by atoms with E-state index in [1.54, 1.807) is 0 Å². The lowest BCUT2D eigenvalue weighted by atomic mass is 10.3. The molecular weight excluding hydrogens is 246 g/mol. The van der Waals surface area contributed by atoms with Gasteiger partial charge >= 0.3 is 5.69 Å². The molecule has 7 heteroatoms. The second-order valence-corrected chi connectivity index (χ2v) is 3.29. The smallest absolute Gasteiger partial charge is 0.305 e. The normalized spacial score (nSPS) is 10.1. The van der Waals surface area contributed by atoms with Gasteiger partial charge in [-0.05, 0) is 12.1 Å². The molecule has 0 spiro atoms. The largest absolute Gasteiger partial charge is 0.457 e. The summed E-state index contributed by atoms with van der Waals surface area (Å²) in [6.07, 6.45) is 1.19. The summed E-state index contributed by atoms with van der Waals surface area (Å²) in [7, 11) is 0. The van der Waals surface area contributed by atoms with Crippen molar-refractivity contribution < 1.29 is 18.4 Å². The van der Waals surface area contributed by atoms with Gasteiger partial charge in [0.05, 0.1) is 4.92 Å². The van der Waals surface area contributed by atoms with Crippen LogP contribution >= 0.6 is 0 Å². The number of pyridine rings is 1. The molecule has 1 aromatic heterocycles. The van der Waals surface area contributed by atoms with Crippen LogP contribution in [0.3, 0.4) is 0 Å². The minimum atomic E-state index is -1.02. The number of aromatic nitrogens is 1. The summed E-state index contributed by atoms with van der Waals surface area (Å²) in [6, 6.07) is 5.44. The Morgan fingerprint density at radius 3 is 2.50 bits per heavy atom. The maximum absolute atomic E-state index is 13.3. The van der Waals surface area contributed by atoms with Crippen molar-refractivity contribution in [2.45, 2.75) is 0 Å². The highest BCUT2D eigenvalue weighted by Gasteiger charge is 2.14. The Bertz CT molecular complexity index is 605. The molecule has 1 heterocycles. The molecule has 0 saturated carbocycles. The summed E-state index contributed by atoms with van der Waals surface area (Å²) in [6.45, 7) is 0. The second kappa shape index (κ2) is 4.74. The van der Waals surface area contributed by atoms with E-state index in [1.165, 1.54) is 18.3 Å². The molecule has 0 saturated heterocycles. The number of nitrogens with zero attached hydrogens (tertiary/aromatic N) is 2. The van der Waals surface area contributed by atoms with E-state index in [0.717, 1.165) is 18.2 Å². The third kappa shape index (κ3) is 2.57. The van der Waals surface area contributed by atoms with Crippen LogP contribution in [-0.4, -0.2) is 9.91 Å². The van der Waals surface area contributed by atoms with Crippen molar-refractivity contribution >= 4 is 5.69 Å². The first-order valence-corrected chi connectivity index (χ1v) is 4.79. The summed E-state index contributed by atoms with van der Waals surface area (Å²) in [5, 5.41) is 10.4. The molecule has 5 nitrogen and oxygen atoms in total. The van der Waals surface area contributed by atoms with E-state index in [-0.39, 0.29) is 11.5 Å². The Labute approximate surface area is 99.8 Å². The molecule has 0 amide bonds. The Balaban J connectivity index is 2.25. The molecule has 0 atom stereocenters. The van der Waals surface area contributed by atoms with Gasteiger partial charge in [0.2, 0.25) is 11.8 Å². The van der Waals surface area contributed by atoms with Crippen molar-refractivity contribution in [1.29, 1.82) is 0 Å². The Hall–Kier alpha value is -2.57. The van der Waals surface area contributed by atoms with Gasteiger partial charge in [-0.15, -0.1) is 0 Å². The summed E-state index contributed by atoms with van der Waals surface area (Å²) in [5.74, 6) is -1.61. The zero-order valence-corrected chi connectivity index (χ0v) is 8.84. The average Bonchev–Trinajstić information content (AvgIpc) is 2.28. The van der Waals surface area contributed by atoms with Gasteiger partial charge in [-0.3, -0.25) is 10.1 Å². The molecular formula is C11H6F2N2O3. The Morgan fingerprint density at radius 1 is 1.17 bits per heavy atom. The molecule has 0 aliphatic rings. The fraction of sp³-hybridized carbons (Fsp3) is 0. The number of ether oxygens (including phenoxy) is 1. The van der Waals surface area contributed by atoms with Gasteiger partial charge in [0.15, 0.2) is 0 Å². The molecule has 2 aromatic rings. The summed E-state index contributed by atoms with van der Waals surface area (Å²) < 4.78 is 31.2. The number of halogens is 2. The van der Waals surface area contributed by atoms with Crippen molar-refractivity contribution in [1.82, 2.24) is 4.98 Å². The zero-order valence-electron chi connectivity index (χ0n) is 8.84. The van der Waals surface area contributed by atoms with Crippen molar-refractivity contribution in [2.75, 3.05) is 0 Å². The van der Waals surface area contributed by atoms with Crippen LogP contribution in [0.25, 0.3) is 0 Å². The third-order valence-electron chi connectivity index (χ3n) is 2.05. The molecule has 0 radical (unpaired) electrons. The average molecular weight is 252 g/mol. The zero-order chi connectivity index (χ0) is 13.1. The van der Waals surface area contributed by atoms with E-state index < -0.39 is 22.4 Å². The van der Waals surface area contributed by atoms with E-state index in [0.29, 0.717) is 0 Å². The highest BCUT2D eigenvalue weighted by molar-refractivity contribution is 5.39. The van der Waals surface area contributed by atoms with Crippen LogP contribution in [0.1, 0.15) is 0 Å². The van der Waals surface area contributed by atoms with Gasteiger partial charge in [-0.2, -0.15) is 8.78 Å². The highest BCUT2D eigenvalue weighted by Crippen LogP contribution is 2.26. The minimum Gasteiger partial charge on any atom is -0.457 e. The number of hydrogen-bond acceptors (Lipinski definition) is 4. The predicted octanol–water partition coefficient (Wildman–Crippen LogP) is 3.06. The second-order valence-electron chi connectivity index (χ2n) is 3.29. The number of benzene rings is 1. The number of nitro benzene ring substituents is 1. The molecule has 0 aliphatic heterocycles. The summed E-state index contributed by atoms with van der Waals surface area (Å²) in [5.41, 5.74) is -0.650. The molecule has 92 valence electrons. The number of nitro groups is 1. The first-order valence-electron chi connectivity index (χ1n) is 4.79. The van der Waals surface area contributed by atoms with Crippen LogP contribution in [-0.2, 0) is 0 Å². The van der Waals surface area contributed by atoms with Gasteiger partial charge in [-0.25, -0.2) is 4.98 Å². The molecule has 1 aromatic carbocycles. The topological polar surface area (TPSA) is 65.3 Å². The fourth-order valence-corrected chi connectivity index (χ4v) is 1.28. The third-order valence-corrected chi connectivity index (χ3v) is 2.05. The van der Waals surface area contributed by atoms with Crippen LogP contribution in [0.5, 0.6) is 11.5 Å². The number of hydrogen-bond donors (Lipinski definition) is 0. The highest BCUT2D eigenvalue weighted by atomic mass is 19.1. The van der Waals surface area contributed by atoms with Crippen molar-refractivity contribution in [2.24, 2.45) is 0 Å². The maximum Gasteiger partial charge on any atom is 0.305 e. The van der Waals surface area contributed by atoms with E-state index in [9.17, 15) is 18.9 Å². The standard InChI is InChI=1S/C11H6F2N2O3/c12-9-5-7(1-2-10(9)15(16)17)18-8-3-4-14-11(13)6-8/h1-6H. The number of rotatable bonds is 3. The van der Waals surface area contributed by atoms with Gasteiger partial charge < -0.3 is 4.74 Å². The van der Waals surface area contributed by atoms with E-state index in [1.807, 2.05) is 0 Å². The Kier molecular flexibility index (Phi) is 3.13. The molecule has 2 rings (SSSR count). The van der Waals surface area contributed by atoms with Crippen LogP contribution in [0.15, 0.2) is 36.5 Å². The maximum atomic E-state index is 13.3. The SMILES string of the molecule is O=[N+]([O-])c1ccc(Oc2ccnc(F)c2)cc1F. The lowest BCUT2D eigenvalue weighted by molar-refractivity contribution is -0.387. The van der Waals surface area contributed by atoms with Crippen LogP contribution < -0.4 is 4.74 Å². The van der Waals surface area contributed by atoms with Gasteiger partial charge in [-0.1, -0.05) is 0 Å². The Morgan fingerprint density at radius 2 is 1.89 bits per heavy atom. The van der Waals surface area contributed by atoms with Crippen LogP contribution in [0, 0.1) is 21.9 Å². The van der Waals surface area contributed by atoms with Gasteiger partial charge in [0.1, 0.15) is 11.5 Å². The predicted molar refractivity (Wildman–Crippen MR) is 57.3 cm³/mol. The first-order chi connectivity index (χ1) is 8.56. The van der Waals surface area contributed by atoms with E-state index in [2.05, 4.69) is 4.98 Å². The molecule has 0 fully saturated rings. The monoisotopic (exact) mass is 252 g/mol.